The molecule has 1 aliphatic heterocycles. The van der Waals surface area contributed by atoms with E-state index >= 15 is 0 Å². The minimum atomic E-state index is -0.329. The van der Waals surface area contributed by atoms with Gasteiger partial charge in [-0.1, -0.05) is 0 Å². The molecule has 7 heteroatoms. The Morgan fingerprint density at radius 2 is 1.85 bits per heavy atom. The number of likely N-dealkylation sites (N-methyl/N-ethyl adjacent to an activating group) is 1. The second-order valence-electron chi connectivity index (χ2n) is 6.95. The summed E-state index contributed by atoms with van der Waals surface area (Å²) in [7, 11) is 4.15. The number of aryl methyl sites for hydroxylation is 1. The van der Waals surface area contributed by atoms with Gasteiger partial charge in [0.05, 0.1) is 6.04 Å². The minimum Gasteiger partial charge on any atom is -0.484 e. The SMILES string of the molecule is CN1CCN(C(CNC(=O)COc2ccc(F)cc2)c2cccn2C)CC1. The van der Waals surface area contributed by atoms with Crippen molar-refractivity contribution in [3.05, 3.63) is 54.1 Å². The fourth-order valence-electron chi connectivity index (χ4n) is 3.32. The highest BCUT2D eigenvalue weighted by atomic mass is 19.1. The predicted molar refractivity (Wildman–Crippen MR) is 102 cm³/mol. The molecule has 1 aliphatic rings. The lowest BCUT2D eigenvalue weighted by atomic mass is 10.1. The molecule has 1 N–H and O–H groups in total. The van der Waals surface area contributed by atoms with Gasteiger partial charge in [0.15, 0.2) is 6.61 Å². The molecule has 1 amide bonds. The normalized spacial score (nSPS) is 16.9. The molecular formula is C20H27FN4O2. The second kappa shape index (κ2) is 9.01. The third-order valence-electron chi connectivity index (χ3n) is 4.98. The number of piperazine rings is 1. The van der Waals surface area contributed by atoms with Crippen molar-refractivity contribution in [2.45, 2.75) is 6.04 Å². The smallest absolute Gasteiger partial charge is 0.258 e. The Hall–Kier alpha value is -2.38. The summed E-state index contributed by atoms with van der Waals surface area (Å²) in [6.07, 6.45) is 2.03. The first kappa shape index (κ1) is 19.4. The Bertz CT molecular complexity index is 739. The van der Waals surface area contributed by atoms with E-state index in [9.17, 15) is 9.18 Å². The van der Waals surface area contributed by atoms with Crippen molar-refractivity contribution in [1.29, 1.82) is 0 Å². The molecule has 1 fully saturated rings. The summed E-state index contributed by atoms with van der Waals surface area (Å²) in [6.45, 7) is 4.40. The summed E-state index contributed by atoms with van der Waals surface area (Å²) < 4.78 is 20.4. The van der Waals surface area contributed by atoms with E-state index < -0.39 is 0 Å². The lowest BCUT2D eigenvalue weighted by Gasteiger charge is -2.38. The molecule has 2 aromatic rings. The molecular weight excluding hydrogens is 347 g/mol. The molecule has 0 spiro atoms. The zero-order valence-electron chi connectivity index (χ0n) is 15.9. The maximum atomic E-state index is 12.9. The number of carbonyl (C=O) groups is 1. The van der Waals surface area contributed by atoms with Gasteiger partial charge in [-0.05, 0) is 43.4 Å². The number of hydrogen-bond donors (Lipinski definition) is 1. The summed E-state index contributed by atoms with van der Waals surface area (Å²) >= 11 is 0. The van der Waals surface area contributed by atoms with E-state index in [-0.39, 0.29) is 24.4 Å². The van der Waals surface area contributed by atoms with E-state index in [0.29, 0.717) is 12.3 Å². The first-order chi connectivity index (χ1) is 13.0. The van der Waals surface area contributed by atoms with Crippen molar-refractivity contribution in [2.24, 2.45) is 7.05 Å². The molecule has 1 saturated heterocycles. The quantitative estimate of drug-likeness (QED) is 0.801. The Morgan fingerprint density at radius 3 is 2.48 bits per heavy atom. The molecule has 146 valence electrons. The van der Waals surface area contributed by atoms with Crippen LogP contribution in [0.4, 0.5) is 4.39 Å². The summed E-state index contributed by atoms with van der Waals surface area (Å²) in [5.41, 5.74) is 1.18. The molecule has 1 unspecified atom stereocenters. The number of nitrogens with zero attached hydrogens (tertiary/aromatic N) is 3. The van der Waals surface area contributed by atoms with Gasteiger partial charge in [-0.25, -0.2) is 4.39 Å². The van der Waals surface area contributed by atoms with Crippen LogP contribution < -0.4 is 10.1 Å². The van der Waals surface area contributed by atoms with Crippen LogP contribution in [0.3, 0.4) is 0 Å². The topological polar surface area (TPSA) is 49.7 Å². The zero-order valence-corrected chi connectivity index (χ0v) is 15.9. The van der Waals surface area contributed by atoms with Crippen molar-refractivity contribution < 1.29 is 13.9 Å². The van der Waals surface area contributed by atoms with Crippen LogP contribution >= 0.6 is 0 Å². The highest BCUT2D eigenvalue weighted by Gasteiger charge is 2.25. The third kappa shape index (κ3) is 5.30. The lowest BCUT2D eigenvalue weighted by Crippen LogP contribution is -2.49. The van der Waals surface area contributed by atoms with Crippen LogP contribution in [-0.4, -0.2) is 66.7 Å². The number of benzene rings is 1. The Morgan fingerprint density at radius 1 is 1.15 bits per heavy atom. The van der Waals surface area contributed by atoms with Gasteiger partial charge in [0.1, 0.15) is 11.6 Å². The fraction of sp³-hybridized carbons (Fsp3) is 0.450. The van der Waals surface area contributed by atoms with E-state index in [1.807, 2.05) is 19.3 Å². The Kier molecular flexibility index (Phi) is 6.47. The van der Waals surface area contributed by atoms with Crippen LogP contribution in [0.15, 0.2) is 42.6 Å². The van der Waals surface area contributed by atoms with E-state index in [1.165, 1.54) is 30.0 Å². The van der Waals surface area contributed by atoms with Gasteiger partial charge in [0, 0.05) is 51.7 Å². The maximum Gasteiger partial charge on any atom is 0.258 e. The summed E-state index contributed by atoms with van der Waals surface area (Å²) in [4.78, 5) is 17.0. The molecule has 1 atom stereocenters. The number of ether oxygens (including phenoxy) is 1. The molecule has 6 nitrogen and oxygen atoms in total. The van der Waals surface area contributed by atoms with Gasteiger partial charge in [-0.3, -0.25) is 9.69 Å². The number of halogens is 1. The van der Waals surface area contributed by atoms with Crippen LogP contribution in [0.25, 0.3) is 0 Å². The lowest BCUT2D eigenvalue weighted by molar-refractivity contribution is -0.123. The summed E-state index contributed by atoms with van der Waals surface area (Å²) in [5.74, 6) is -0.0401. The van der Waals surface area contributed by atoms with Crippen LogP contribution in [0.2, 0.25) is 0 Å². The number of carbonyl (C=O) groups excluding carboxylic acids is 1. The molecule has 0 saturated carbocycles. The molecule has 0 bridgehead atoms. The van der Waals surface area contributed by atoms with Crippen molar-refractivity contribution in [3.8, 4) is 5.75 Å². The van der Waals surface area contributed by atoms with Gasteiger partial charge in [-0.15, -0.1) is 0 Å². The van der Waals surface area contributed by atoms with E-state index in [4.69, 9.17) is 4.74 Å². The predicted octanol–water partition coefficient (Wildman–Crippen LogP) is 1.65. The van der Waals surface area contributed by atoms with Crippen LogP contribution in [-0.2, 0) is 11.8 Å². The van der Waals surface area contributed by atoms with Crippen molar-refractivity contribution in [1.82, 2.24) is 19.7 Å². The first-order valence-corrected chi connectivity index (χ1v) is 9.22. The van der Waals surface area contributed by atoms with Crippen LogP contribution in [0.5, 0.6) is 5.75 Å². The third-order valence-corrected chi connectivity index (χ3v) is 4.98. The van der Waals surface area contributed by atoms with Crippen LogP contribution in [0.1, 0.15) is 11.7 Å². The second-order valence-corrected chi connectivity index (χ2v) is 6.95. The highest BCUT2D eigenvalue weighted by molar-refractivity contribution is 5.77. The van der Waals surface area contributed by atoms with E-state index in [2.05, 4.69) is 32.8 Å². The number of rotatable bonds is 7. The number of amides is 1. The molecule has 0 radical (unpaired) electrons. The van der Waals surface area contributed by atoms with E-state index in [1.54, 1.807) is 0 Å². The average Bonchev–Trinajstić information content (AvgIpc) is 3.09. The van der Waals surface area contributed by atoms with Crippen molar-refractivity contribution in [2.75, 3.05) is 46.4 Å². The van der Waals surface area contributed by atoms with Gasteiger partial charge >= 0.3 is 0 Å². The molecule has 1 aromatic carbocycles. The number of nitrogens with one attached hydrogen (secondary N) is 1. The standard InChI is InChI=1S/C20H27FN4O2/c1-23-10-12-25(13-11-23)19(18-4-3-9-24(18)2)14-22-20(26)15-27-17-7-5-16(21)6-8-17/h3-9,19H,10-15H2,1-2H3,(H,22,26). The fourth-order valence-corrected chi connectivity index (χ4v) is 3.32. The molecule has 2 heterocycles. The Labute approximate surface area is 159 Å². The maximum absolute atomic E-state index is 12.9. The van der Waals surface area contributed by atoms with Gasteiger partial charge < -0.3 is 19.5 Å². The summed E-state index contributed by atoms with van der Waals surface area (Å²) in [5, 5.41) is 2.98. The molecule has 1 aromatic heterocycles. The first-order valence-electron chi connectivity index (χ1n) is 9.22. The van der Waals surface area contributed by atoms with Crippen LogP contribution in [0, 0.1) is 5.82 Å². The molecule has 3 rings (SSSR count). The summed E-state index contributed by atoms with van der Waals surface area (Å²) in [6, 6.07) is 9.90. The van der Waals surface area contributed by atoms with Gasteiger partial charge in [0.25, 0.3) is 5.91 Å². The molecule has 27 heavy (non-hydrogen) atoms. The average molecular weight is 374 g/mol. The van der Waals surface area contributed by atoms with Gasteiger partial charge in [0.2, 0.25) is 0 Å². The van der Waals surface area contributed by atoms with Crippen molar-refractivity contribution >= 4 is 5.91 Å². The largest absolute Gasteiger partial charge is 0.484 e. The number of hydrogen-bond acceptors (Lipinski definition) is 4. The minimum absolute atomic E-state index is 0.0891. The number of aromatic nitrogens is 1. The zero-order chi connectivity index (χ0) is 19.2. The molecule has 0 aliphatic carbocycles. The monoisotopic (exact) mass is 374 g/mol. The van der Waals surface area contributed by atoms with E-state index in [0.717, 1.165) is 26.2 Å². The Balaban J connectivity index is 1.56. The van der Waals surface area contributed by atoms with Crippen molar-refractivity contribution in [3.63, 3.8) is 0 Å². The highest BCUT2D eigenvalue weighted by Crippen LogP contribution is 2.21. The van der Waals surface area contributed by atoms with Gasteiger partial charge in [-0.2, -0.15) is 0 Å².